The minimum Gasteiger partial charge on any atom is -0.495 e. The zero-order chi connectivity index (χ0) is 20.4. The molecular weight excluding hydrogens is 392 g/mol. The summed E-state index contributed by atoms with van der Waals surface area (Å²) >= 11 is 1.34. The first-order valence-electron chi connectivity index (χ1n) is 8.77. The van der Waals surface area contributed by atoms with Crippen molar-refractivity contribution in [3.8, 4) is 11.5 Å². The molecule has 4 rings (SSSR count). The van der Waals surface area contributed by atoms with Gasteiger partial charge in [0, 0.05) is 12.3 Å². The molecule has 0 N–H and O–H groups in total. The highest BCUT2D eigenvalue weighted by molar-refractivity contribution is 7.22. The van der Waals surface area contributed by atoms with Crippen LogP contribution in [0.5, 0.6) is 11.5 Å². The summed E-state index contributed by atoms with van der Waals surface area (Å²) < 4.78 is 16.8. The highest BCUT2D eigenvalue weighted by atomic mass is 32.1. The lowest BCUT2D eigenvalue weighted by atomic mass is 10.3. The molecule has 0 aliphatic carbocycles. The number of anilines is 1. The molecule has 0 fully saturated rings. The van der Waals surface area contributed by atoms with Gasteiger partial charge in [-0.1, -0.05) is 22.6 Å². The molecule has 0 atom stereocenters. The number of fused-ring (bicyclic) bond motifs is 1. The molecule has 0 bridgehead atoms. The fraction of sp³-hybridized carbons (Fsp3) is 0.200. The third kappa shape index (κ3) is 3.64. The molecule has 0 unspecified atom stereocenters. The number of ether oxygens (including phenoxy) is 2. The molecule has 9 heteroatoms. The lowest BCUT2D eigenvalue weighted by Crippen LogP contribution is -2.31. The Morgan fingerprint density at radius 2 is 1.97 bits per heavy atom. The van der Waals surface area contributed by atoms with Gasteiger partial charge in [0.15, 0.2) is 10.8 Å². The zero-order valence-corrected chi connectivity index (χ0v) is 16.9. The normalized spacial score (nSPS) is 10.9. The number of rotatable bonds is 6. The minimum atomic E-state index is -0.329. The maximum atomic E-state index is 13.2. The van der Waals surface area contributed by atoms with Crippen LogP contribution in [-0.4, -0.2) is 35.3 Å². The summed E-state index contributed by atoms with van der Waals surface area (Å²) in [5.74, 6) is 1.49. The Labute approximate surface area is 170 Å². The predicted molar refractivity (Wildman–Crippen MR) is 109 cm³/mol. The van der Waals surface area contributed by atoms with E-state index in [1.54, 1.807) is 39.5 Å². The van der Waals surface area contributed by atoms with Gasteiger partial charge in [-0.05, 0) is 31.2 Å². The van der Waals surface area contributed by atoms with Crippen LogP contribution < -0.4 is 14.4 Å². The lowest BCUT2D eigenvalue weighted by Gasteiger charge is -2.18. The smallest absolute Gasteiger partial charge is 0.282 e. The topological polar surface area (TPSA) is 90.6 Å². The van der Waals surface area contributed by atoms with E-state index in [2.05, 4.69) is 15.1 Å². The SMILES string of the molecule is COc1ccc(OC)c2sc(N(Cc3ccccn3)C(=O)c3cc(C)on3)nc12. The summed E-state index contributed by atoms with van der Waals surface area (Å²) in [5.41, 5.74) is 1.55. The first-order chi connectivity index (χ1) is 14.1. The van der Waals surface area contributed by atoms with E-state index in [1.165, 1.54) is 16.2 Å². The molecule has 0 radical (unpaired) electrons. The quantitative estimate of drug-likeness (QED) is 0.477. The summed E-state index contributed by atoms with van der Waals surface area (Å²) in [4.78, 5) is 23.8. The van der Waals surface area contributed by atoms with Crippen LogP contribution in [0.4, 0.5) is 5.13 Å². The second-order valence-electron chi connectivity index (χ2n) is 6.18. The van der Waals surface area contributed by atoms with Crippen LogP contribution in [0.25, 0.3) is 10.2 Å². The van der Waals surface area contributed by atoms with E-state index in [4.69, 9.17) is 14.0 Å². The largest absolute Gasteiger partial charge is 0.495 e. The average molecular weight is 410 g/mol. The average Bonchev–Trinajstić information content (AvgIpc) is 3.38. The van der Waals surface area contributed by atoms with Gasteiger partial charge in [-0.3, -0.25) is 14.7 Å². The van der Waals surface area contributed by atoms with Crippen molar-refractivity contribution in [2.24, 2.45) is 0 Å². The fourth-order valence-electron chi connectivity index (χ4n) is 2.88. The maximum Gasteiger partial charge on any atom is 0.282 e. The number of hydrogen-bond donors (Lipinski definition) is 0. The van der Waals surface area contributed by atoms with Crippen LogP contribution in [-0.2, 0) is 6.54 Å². The third-order valence-corrected chi connectivity index (χ3v) is 5.36. The first-order valence-corrected chi connectivity index (χ1v) is 9.59. The summed E-state index contributed by atoms with van der Waals surface area (Å²) in [6.07, 6.45) is 1.68. The number of thiazole rings is 1. The Kier molecular flexibility index (Phi) is 5.13. The second-order valence-corrected chi connectivity index (χ2v) is 7.16. The van der Waals surface area contributed by atoms with E-state index in [1.807, 2.05) is 24.3 Å². The van der Waals surface area contributed by atoms with E-state index < -0.39 is 0 Å². The Morgan fingerprint density at radius 1 is 1.17 bits per heavy atom. The van der Waals surface area contributed by atoms with Gasteiger partial charge in [-0.2, -0.15) is 0 Å². The van der Waals surface area contributed by atoms with Crippen molar-refractivity contribution in [3.05, 3.63) is 59.7 Å². The Morgan fingerprint density at radius 3 is 2.62 bits per heavy atom. The number of methoxy groups -OCH3 is 2. The van der Waals surface area contributed by atoms with Crippen molar-refractivity contribution >= 4 is 32.6 Å². The Balaban J connectivity index is 1.83. The highest BCUT2D eigenvalue weighted by Gasteiger charge is 2.26. The van der Waals surface area contributed by atoms with Crippen molar-refractivity contribution in [2.75, 3.05) is 19.1 Å². The first kappa shape index (κ1) is 18.9. The summed E-state index contributed by atoms with van der Waals surface area (Å²) in [7, 11) is 3.17. The number of benzene rings is 1. The van der Waals surface area contributed by atoms with Crippen LogP contribution >= 0.6 is 11.3 Å². The Bertz CT molecular complexity index is 1110. The van der Waals surface area contributed by atoms with Crippen molar-refractivity contribution in [2.45, 2.75) is 13.5 Å². The number of carbonyl (C=O) groups is 1. The van der Waals surface area contributed by atoms with Gasteiger partial charge in [0.25, 0.3) is 5.91 Å². The molecule has 3 aromatic heterocycles. The Hall–Kier alpha value is -3.46. The zero-order valence-electron chi connectivity index (χ0n) is 16.1. The number of carbonyl (C=O) groups excluding carboxylic acids is 1. The minimum absolute atomic E-state index is 0.205. The molecule has 4 aromatic rings. The fourth-order valence-corrected chi connectivity index (χ4v) is 3.95. The lowest BCUT2D eigenvalue weighted by molar-refractivity contribution is 0.0976. The molecule has 148 valence electrons. The van der Waals surface area contributed by atoms with Crippen molar-refractivity contribution in [1.82, 2.24) is 15.1 Å². The number of aromatic nitrogens is 3. The monoisotopic (exact) mass is 410 g/mol. The van der Waals surface area contributed by atoms with Gasteiger partial charge in [-0.25, -0.2) is 4.98 Å². The van der Waals surface area contributed by atoms with Crippen LogP contribution in [0.1, 0.15) is 21.9 Å². The molecule has 3 heterocycles. The number of pyridine rings is 1. The van der Waals surface area contributed by atoms with E-state index in [0.29, 0.717) is 27.9 Å². The van der Waals surface area contributed by atoms with Gasteiger partial charge < -0.3 is 14.0 Å². The highest BCUT2D eigenvalue weighted by Crippen LogP contribution is 2.40. The number of aryl methyl sites for hydroxylation is 1. The molecule has 0 saturated heterocycles. The van der Waals surface area contributed by atoms with Gasteiger partial charge >= 0.3 is 0 Å². The van der Waals surface area contributed by atoms with E-state index >= 15 is 0 Å². The summed E-state index contributed by atoms with van der Waals surface area (Å²) in [6.45, 7) is 1.97. The van der Waals surface area contributed by atoms with Crippen molar-refractivity contribution in [1.29, 1.82) is 0 Å². The maximum absolute atomic E-state index is 13.2. The second kappa shape index (κ2) is 7.88. The number of hydrogen-bond acceptors (Lipinski definition) is 8. The molecule has 0 spiro atoms. The molecule has 1 aromatic carbocycles. The van der Waals surface area contributed by atoms with Gasteiger partial charge in [0.05, 0.1) is 26.5 Å². The van der Waals surface area contributed by atoms with E-state index in [-0.39, 0.29) is 18.1 Å². The standard InChI is InChI=1S/C20H18N4O4S/c1-12-10-14(23-28-12)19(25)24(11-13-6-4-5-9-21-13)20-22-17-15(26-2)7-8-16(27-3)18(17)29-20/h4-10H,11H2,1-3H3. The number of nitrogens with zero attached hydrogens (tertiary/aromatic N) is 4. The molecular formula is C20H18N4O4S. The van der Waals surface area contributed by atoms with Crippen LogP contribution in [0.3, 0.4) is 0 Å². The molecule has 8 nitrogen and oxygen atoms in total. The van der Waals surface area contributed by atoms with Crippen molar-refractivity contribution in [3.63, 3.8) is 0 Å². The van der Waals surface area contributed by atoms with Gasteiger partial charge in [0.1, 0.15) is 27.5 Å². The number of amides is 1. The summed E-state index contributed by atoms with van der Waals surface area (Å²) in [6, 6.07) is 10.7. The van der Waals surface area contributed by atoms with Gasteiger partial charge in [0.2, 0.25) is 0 Å². The molecule has 29 heavy (non-hydrogen) atoms. The van der Waals surface area contributed by atoms with Crippen LogP contribution in [0.15, 0.2) is 47.1 Å². The third-order valence-electron chi connectivity index (χ3n) is 4.27. The summed E-state index contributed by atoms with van der Waals surface area (Å²) in [5, 5.41) is 4.35. The molecule has 0 saturated carbocycles. The molecule has 1 amide bonds. The van der Waals surface area contributed by atoms with Crippen LogP contribution in [0, 0.1) is 6.92 Å². The van der Waals surface area contributed by atoms with E-state index in [0.717, 1.165) is 10.4 Å². The molecule has 0 aliphatic heterocycles. The predicted octanol–water partition coefficient (Wildman–Crippen LogP) is 3.85. The van der Waals surface area contributed by atoms with E-state index in [9.17, 15) is 4.79 Å². The van der Waals surface area contributed by atoms with Crippen molar-refractivity contribution < 1.29 is 18.8 Å². The van der Waals surface area contributed by atoms with Gasteiger partial charge in [-0.15, -0.1) is 0 Å². The molecule has 0 aliphatic rings. The van der Waals surface area contributed by atoms with Crippen LogP contribution in [0.2, 0.25) is 0 Å².